The van der Waals surface area contributed by atoms with Crippen LogP contribution in [0.4, 0.5) is 5.95 Å². The smallest absolute Gasteiger partial charge is 0.276 e. The number of anilines is 1. The van der Waals surface area contributed by atoms with Crippen molar-refractivity contribution in [1.82, 2.24) is 15.0 Å². The average Bonchev–Trinajstić information content (AvgIpc) is 3.53. The molecular weight excluding hydrogens is 324 g/mol. The fourth-order valence-corrected chi connectivity index (χ4v) is 3.42. The molecule has 1 amide bonds. The molecule has 0 spiro atoms. The van der Waals surface area contributed by atoms with Gasteiger partial charge in [0, 0.05) is 22.7 Å². The van der Waals surface area contributed by atoms with E-state index in [4.69, 9.17) is 0 Å². The number of rotatable bonds is 4. The van der Waals surface area contributed by atoms with Gasteiger partial charge in [0.15, 0.2) is 0 Å². The van der Waals surface area contributed by atoms with E-state index in [2.05, 4.69) is 26.3 Å². The molecular formula is C21H20N4O. The monoisotopic (exact) mass is 344 g/mol. The minimum Gasteiger partial charge on any atom is -0.289 e. The van der Waals surface area contributed by atoms with E-state index in [0.29, 0.717) is 23.5 Å². The molecule has 5 nitrogen and oxygen atoms in total. The molecule has 0 atom stereocenters. The number of nitrogens with zero attached hydrogens (tertiary/aromatic N) is 3. The summed E-state index contributed by atoms with van der Waals surface area (Å²) in [6, 6.07) is 12.1. The first kappa shape index (κ1) is 15.4. The van der Waals surface area contributed by atoms with Crippen LogP contribution in [-0.4, -0.2) is 20.9 Å². The highest BCUT2D eigenvalue weighted by molar-refractivity contribution is 6.04. The standard InChI is InChI=1S/C21H20N4O/c1-12-10-18(14-8-9-14)24-21(22-12)25-20(26)19-16(13-6-7-13)11-15-4-2-3-5-17(15)23-19/h2-5,10-11,13-14H,6-9H2,1H3,(H,22,24,25,26). The van der Waals surface area contributed by atoms with Crippen LogP contribution in [-0.2, 0) is 0 Å². The van der Waals surface area contributed by atoms with Gasteiger partial charge in [-0.2, -0.15) is 0 Å². The van der Waals surface area contributed by atoms with Crippen molar-refractivity contribution < 1.29 is 4.79 Å². The minimum absolute atomic E-state index is 0.218. The van der Waals surface area contributed by atoms with Gasteiger partial charge in [0.2, 0.25) is 5.95 Å². The molecule has 2 aliphatic rings. The second-order valence-electron chi connectivity index (χ2n) is 7.38. The highest BCUT2D eigenvalue weighted by atomic mass is 16.2. The predicted octanol–water partition coefficient (Wildman–Crippen LogP) is 4.34. The molecule has 0 radical (unpaired) electrons. The Balaban J connectivity index is 1.51. The summed E-state index contributed by atoms with van der Waals surface area (Å²) in [6.07, 6.45) is 4.57. The number of hydrogen-bond acceptors (Lipinski definition) is 4. The summed E-state index contributed by atoms with van der Waals surface area (Å²) in [5.74, 6) is 1.13. The van der Waals surface area contributed by atoms with Gasteiger partial charge in [0.1, 0.15) is 5.69 Å². The quantitative estimate of drug-likeness (QED) is 0.764. The van der Waals surface area contributed by atoms with Crippen molar-refractivity contribution >= 4 is 22.8 Å². The zero-order valence-electron chi connectivity index (χ0n) is 14.7. The number of amides is 1. The first-order valence-electron chi connectivity index (χ1n) is 9.24. The minimum atomic E-state index is -0.218. The number of pyridine rings is 1. The Labute approximate surface area is 151 Å². The summed E-state index contributed by atoms with van der Waals surface area (Å²) >= 11 is 0. The maximum Gasteiger partial charge on any atom is 0.276 e. The lowest BCUT2D eigenvalue weighted by atomic mass is 10.0. The maximum absolute atomic E-state index is 13.0. The number of fused-ring (bicyclic) bond motifs is 1. The van der Waals surface area contributed by atoms with Crippen LogP contribution in [0.3, 0.4) is 0 Å². The number of aromatic nitrogens is 3. The van der Waals surface area contributed by atoms with Crippen LogP contribution in [0.25, 0.3) is 10.9 Å². The molecule has 130 valence electrons. The van der Waals surface area contributed by atoms with Crippen LogP contribution in [0.5, 0.6) is 0 Å². The summed E-state index contributed by atoms with van der Waals surface area (Å²) in [6.45, 7) is 1.94. The second-order valence-corrected chi connectivity index (χ2v) is 7.38. The van der Waals surface area contributed by atoms with Gasteiger partial charge in [-0.3, -0.25) is 10.1 Å². The molecule has 0 bridgehead atoms. The molecule has 2 saturated carbocycles. The van der Waals surface area contributed by atoms with Crippen LogP contribution in [0, 0.1) is 6.92 Å². The van der Waals surface area contributed by atoms with Gasteiger partial charge in [-0.15, -0.1) is 0 Å². The molecule has 5 heteroatoms. The Kier molecular flexibility index (Phi) is 3.48. The van der Waals surface area contributed by atoms with Gasteiger partial charge < -0.3 is 0 Å². The van der Waals surface area contributed by atoms with E-state index in [1.165, 1.54) is 12.8 Å². The molecule has 1 aromatic carbocycles. The lowest BCUT2D eigenvalue weighted by Gasteiger charge is -2.11. The van der Waals surface area contributed by atoms with Crippen molar-refractivity contribution in [3.05, 3.63) is 59.0 Å². The van der Waals surface area contributed by atoms with Gasteiger partial charge in [-0.25, -0.2) is 15.0 Å². The lowest BCUT2D eigenvalue weighted by Crippen LogP contribution is -2.18. The Hall–Kier alpha value is -2.82. The molecule has 0 unspecified atom stereocenters. The molecule has 0 saturated heterocycles. The first-order chi connectivity index (χ1) is 12.7. The SMILES string of the molecule is Cc1cc(C2CC2)nc(NC(=O)c2nc3ccccc3cc2C2CC2)n1. The second kappa shape index (κ2) is 5.87. The average molecular weight is 344 g/mol. The lowest BCUT2D eigenvalue weighted by molar-refractivity contribution is 0.102. The largest absolute Gasteiger partial charge is 0.289 e. The number of aryl methyl sites for hydroxylation is 1. The number of carbonyl (C=O) groups is 1. The summed E-state index contributed by atoms with van der Waals surface area (Å²) < 4.78 is 0. The Bertz CT molecular complexity index is 1020. The van der Waals surface area contributed by atoms with Crippen molar-refractivity contribution in [3.8, 4) is 0 Å². The summed E-state index contributed by atoms with van der Waals surface area (Å²) in [4.78, 5) is 26.6. The molecule has 1 N–H and O–H groups in total. The highest BCUT2D eigenvalue weighted by Gasteiger charge is 2.30. The van der Waals surface area contributed by atoms with Crippen LogP contribution in [0.1, 0.15) is 65.0 Å². The number of benzene rings is 1. The fraction of sp³-hybridized carbons (Fsp3) is 0.333. The zero-order valence-corrected chi connectivity index (χ0v) is 14.7. The molecule has 3 aromatic rings. The normalized spacial score (nSPS) is 16.7. The number of hydrogen-bond donors (Lipinski definition) is 1. The predicted molar refractivity (Wildman–Crippen MR) is 100 cm³/mol. The first-order valence-corrected chi connectivity index (χ1v) is 9.24. The number of para-hydroxylation sites is 1. The molecule has 0 aliphatic heterocycles. The van der Waals surface area contributed by atoms with Gasteiger partial charge in [-0.1, -0.05) is 18.2 Å². The van der Waals surface area contributed by atoms with Crippen LogP contribution < -0.4 is 5.32 Å². The van der Waals surface area contributed by atoms with Gasteiger partial charge in [-0.05, 0) is 62.3 Å². The van der Waals surface area contributed by atoms with Gasteiger partial charge >= 0.3 is 0 Å². The van der Waals surface area contributed by atoms with Crippen molar-refractivity contribution in [2.75, 3.05) is 5.32 Å². The number of nitrogens with one attached hydrogen (secondary N) is 1. The van der Waals surface area contributed by atoms with E-state index in [1.54, 1.807) is 0 Å². The highest BCUT2D eigenvalue weighted by Crippen LogP contribution is 2.42. The van der Waals surface area contributed by atoms with Crippen molar-refractivity contribution in [2.24, 2.45) is 0 Å². The molecule has 2 fully saturated rings. The van der Waals surface area contributed by atoms with Crippen molar-refractivity contribution in [3.63, 3.8) is 0 Å². The van der Waals surface area contributed by atoms with Crippen LogP contribution in [0.15, 0.2) is 36.4 Å². The van der Waals surface area contributed by atoms with Crippen molar-refractivity contribution in [2.45, 2.75) is 44.4 Å². The Morgan fingerprint density at radius 3 is 2.54 bits per heavy atom. The van der Waals surface area contributed by atoms with E-state index in [9.17, 15) is 4.79 Å². The van der Waals surface area contributed by atoms with E-state index in [0.717, 1.165) is 40.7 Å². The van der Waals surface area contributed by atoms with E-state index in [1.807, 2.05) is 37.3 Å². The molecule has 5 rings (SSSR count). The number of carbonyl (C=O) groups excluding carboxylic acids is 1. The summed E-state index contributed by atoms with van der Waals surface area (Å²) in [5.41, 5.74) is 4.29. The Morgan fingerprint density at radius 2 is 1.77 bits per heavy atom. The van der Waals surface area contributed by atoms with E-state index >= 15 is 0 Å². The summed E-state index contributed by atoms with van der Waals surface area (Å²) in [7, 11) is 0. The molecule has 26 heavy (non-hydrogen) atoms. The van der Waals surface area contributed by atoms with E-state index in [-0.39, 0.29) is 5.91 Å². The third-order valence-corrected chi connectivity index (χ3v) is 5.08. The maximum atomic E-state index is 13.0. The third-order valence-electron chi connectivity index (χ3n) is 5.08. The Morgan fingerprint density at radius 1 is 1.00 bits per heavy atom. The fourth-order valence-electron chi connectivity index (χ4n) is 3.42. The van der Waals surface area contributed by atoms with Gasteiger partial charge in [0.05, 0.1) is 5.52 Å². The molecule has 2 aliphatic carbocycles. The molecule has 2 heterocycles. The van der Waals surface area contributed by atoms with Gasteiger partial charge in [0.25, 0.3) is 5.91 Å². The molecule has 2 aromatic heterocycles. The van der Waals surface area contributed by atoms with Crippen molar-refractivity contribution in [1.29, 1.82) is 0 Å². The van der Waals surface area contributed by atoms with E-state index < -0.39 is 0 Å². The zero-order chi connectivity index (χ0) is 17.7. The third kappa shape index (κ3) is 2.94. The topological polar surface area (TPSA) is 67.8 Å². The summed E-state index contributed by atoms with van der Waals surface area (Å²) in [5, 5.41) is 3.96. The van der Waals surface area contributed by atoms with Crippen LogP contribution in [0.2, 0.25) is 0 Å². The van der Waals surface area contributed by atoms with Crippen LogP contribution >= 0.6 is 0 Å².